The molecular weight excluding hydrogens is 370 g/mol. The molecule has 24 heavy (non-hydrogen) atoms. The minimum Gasteiger partial charge on any atom is -0.427 e. The van der Waals surface area contributed by atoms with Gasteiger partial charge in [-0.05, 0) is 22.2 Å². The fourth-order valence-corrected chi connectivity index (χ4v) is 14.7. The molecule has 1 heterocycles. The summed E-state index contributed by atoms with van der Waals surface area (Å²) in [4.78, 5) is 0. The van der Waals surface area contributed by atoms with E-state index in [4.69, 9.17) is 20.8 Å². The maximum absolute atomic E-state index is 7.05. The summed E-state index contributed by atoms with van der Waals surface area (Å²) in [6.07, 6.45) is 4.52. The van der Waals surface area contributed by atoms with Crippen LogP contribution in [0, 0.1) is 12.7 Å². The van der Waals surface area contributed by atoms with Gasteiger partial charge in [0.1, 0.15) is 0 Å². The van der Waals surface area contributed by atoms with Crippen LogP contribution in [0.3, 0.4) is 0 Å². The third kappa shape index (κ3) is 5.24. The number of rotatable bonds is 6. The van der Waals surface area contributed by atoms with Crippen LogP contribution in [0.1, 0.15) is 61.8 Å². The van der Waals surface area contributed by atoms with E-state index in [1.165, 1.54) is 0 Å². The molecule has 0 N–H and O–H groups in total. The normalized spacial score (nSPS) is 24.1. The smallest absolute Gasteiger partial charge is 0.427 e. The SMILES string of the molecule is [B][CH-]C[C@@H]1[CH-]CO[Si](C(C)C)(C(C)C)O[Si](C(C)C)(C(C)C)O1.[V+2]. The van der Waals surface area contributed by atoms with E-state index in [0.29, 0.717) is 35.2 Å². The van der Waals surface area contributed by atoms with E-state index in [0.717, 1.165) is 0 Å². The fourth-order valence-electron chi connectivity index (χ4n) is 3.56. The predicted molar refractivity (Wildman–Crippen MR) is 103 cm³/mol. The van der Waals surface area contributed by atoms with Gasteiger partial charge >= 0.3 is 35.7 Å². The molecule has 0 aromatic rings. The van der Waals surface area contributed by atoms with Crippen molar-refractivity contribution < 1.29 is 31.5 Å². The topological polar surface area (TPSA) is 27.7 Å². The van der Waals surface area contributed by atoms with Crippen LogP contribution in [0.5, 0.6) is 0 Å². The van der Waals surface area contributed by atoms with Crippen LogP contribution in [-0.2, 0) is 31.5 Å². The second-order valence-corrected chi connectivity index (χ2v) is 16.7. The van der Waals surface area contributed by atoms with E-state index in [1.807, 2.05) is 0 Å². The Labute approximate surface area is 165 Å². The first kappa shape index (κ1) is 25.0. The maximum Gasteiger partial charge on any atom is 2.00 e. The Morgan fingerprint density at radius 1 is 0.958 bits per heavy atom. The Morgan fingerprint density at radius 2 is 1.42 bits per heavy atom. The summed E-state index contributed by atoms with van der Waals surface area (Å²) in [5, 5.41) is 0. The third-order valence-corrected chi connectivity index (χ3v) is 15.2. The molecule has 0 aliphatic carbocycles. The molecule has 0 unspecified atom stereocenters. The largest absolute Gasteiger partial charge is 2.00 e. The van der Waals surface area contributed by atoms with E-state index < -0.39 is 17.1 Å². The van der Waals surface area contributed by atoms with Crippen molar-refractivity contribution in [3.05, 3.63) is 12.7 Å². The van der Waals surface area contributed by atoms with Gasteiger partial charge in [0.15, 0.2) is 0 Å². The third-order valence-electron chi connectivity index (χ3n) is 4.91. The average molecular weight is 405 g/mol. The van der Waals surface area contributed by atoms with Gasteiger partial charge in [-0.2, -0.15) is 14.3 Å². The monoisotopic (exact) mass is 405 g/mol. The summed E-state index contributed by atoms with van der Waals surface area (Å²) in [5.41, 5.74) is 1.51. The molecule has 0 bridgehead atoms. The zero-order valence-corrected chi connectivity index (χ0v) is 20.1. The average Bonchev–Trinajstić information content (AvgIpc) is 2.40. The molecule has 1 fully saturated rings. The first-order valence-corrected chi connectivity index (χ1v) is 12.9. The van der Waals surface area contributed by atoms with Crippen molar-refractivity contribution in [1.82, 2.24) is 0 Å². The van der Waals surface area contributed by atoms with Crippen LogP contribution in [-0.4, -0.2) is 37.7 Å². The van der Waals surface area contributed by atoms with E-state index in [9.17, 15) is 0 Å². The summed E-state index contributed by atoms with van der Waals surface area (Å²) in [6, 6.07) is 0. The molecule has 3 radical (unpaired) electrons. The molecule has 137 valence electrons. The number of hydrogen-bond donors (Lipinski definition) is 0. The van der Waals surface area contributed by atoms with E-state index in [-0.39, 0.29) is 24.7 Å². The van der Waals surface area contributed by atoms with Crippen LogP contribution >= 0.6 is 0 Å². The van der Waals surface area contributed by atoms with Gasteiger partial charge in [-0.25, -0.2) is 0 Å². The van der Waals surface area contributed by atoms with Crippen molar-refractivity contribution in [3.63, 3.8) is 0 Å². The van der Waals surface area contributed by atoms with Crippen molar-refractivity contribution in [2.45, 2.75) is 90.1 Å². The van der Waals surface area contributed by atoms with Crippen LogP contribution in [0.2, 0.25) is 22.2 Å². The molecule has 0 aromatic heterocycles. The Hall–Kier alpha value is 0.963. The van der Waals surface area contributed by atoms with Crippen molar-refractivity contribution in [2.75, 3.05) is 6.61 Å². The first-order valence-electron chi connectivity index (χ1n) is 9.01. The van der Waals surface area contributed by atoms with Crippen molar-refractivity contribution in [2.24, 2.45) is 0 Å². The molecule has 0 aromatic carbocycles. The summed E-state index contributed by atoms with van der Waals surface area (Å²) in [5.74, 6) is 0. The Balaban J connectivity index is 0.00000529. The van der Waals surface area contributed by atoms with E-state index >= 15 is 0 Å². The standard InChI is InChI=1S/C17H35BO3Si2.V/c1-13(2)22(14(3)4)19-12-10-17(9-11-18)20-23(21-22,15(5)6)16(7)8;/h10-11,13-17H,9,12H2,1-8H3;/q-2;+2/t17-;/m1./s1. The zero-order chi connectivity index (χ0) is 17.8. The van der Waals surface area contributed by atoms with Crippen molar-refractivity contribution in [1.29, 1.82) is 0 Å². The van der Waals surface area contributed by atoms with Gasteiger partial charge in [0, 0.05) is 0 Å². The molecule has 0 saturated carbocycles. The molecule has 0 spiro atoms. The summed E-state index contributed by atoms with van der Waals surface area (Å²) in [6.45, 7) is 18.5. The summed E-state index contributed by atoms with van der Waals surface area (Å²) in [7, 11) is 0.837. The van der Waals surface area contributed by atoms with Crippen LogP contribution in [0.4, 0.5) is 0 Å². The molecule has 1 atom stereocenters. The Kier molecular flexibility index (Phi) is 10.8. The molecule has 1 aliphatic heterocycles. The fraction of sp³-hybridized carbons (Fsp3) is 0.882. The molecular formula is C17H35BO3Si2V. The van der Waals surface area contributed by atoms with E-state index in [1.54, 1.807) is 6.32 Å². The Morgan fingerprint density at radius 3 is 1.79 bits per heavy atom. The maximum atomic E-state index is 7.05. The van der Waals surface area contributed by atoms with Gasteiger partial charge in [0.05, 0.1) is 0 Å². The van der Waals surface area contributed by atoms with Gasteiger partial charge in [0.2, 0.25) is 0 Å². The summed E-state index contributed by atoms with van der Waals surface area (Å²) < 4.78 is 20.2. The number of hydrogen-bond acceptors (Lipinski definition) is 3. The minimum absolute atomic E-state index is 0. The zero-order valence-electron chi connectivity index (χ0n) is 16.7. The van der Waals surface area contributed by atoms with Gasteiger partial charge in [0.25, 0.3) is 0 Å². The van der Waals surface area contributed by atoms with Gasteiger partial charge in [-0.1, -0.05) is 62.0 Å². The molecule has 1 aliphatic rings. The van der Waals surface area contributed by atoms with Crippen LogP contribution in [0.25, 0.3) is 0 Å². The molecule has 1 rings (SSSR count). The van der Waals surface area contributed by atoms with Crippen molar-refractivity contribution >= 4 is 25.0 Å². The molecule has 1 saturated heterocycles. The second kappa shape index (κ2) is 10.3. The molecule has 3 nitrogen and oxygen atoms in total. The molecule has 7 heteroatoms. The Bertz CT molecular complexity index is 352. The van der Waals surface area contributed by atoms with Gasteiger partial charge in [-0.3, -0.25) is 6.42 Å². The second-order valence-electron chi connectivity index (χ2n) is 7.84. The predicted octanol–water partition coefficient (Wildman–Crippen LogP) is 4.86. The summed E-state index contributed by atoms with van der Waals surface area (Å²) >= 11 is 0. The van der Waals surface area contributed by atoms with Gasteiger partial charge in [-0.15, -0.1) is 6.10 Å². The van der Waals surface area contributed by atoms with Gasteiger partial charge < -0.3 is 19.3 Å². The van der Waals surface area contributed by atoms with Crippen LogP contribution in [0.15, 0.2) is 0 Å². The quantitative estimate of drug-likeness (QED) is 0.466. The first-order chi connectivity index (χ1) is 10.6. The van der Waals surface area contributed by atoms with Crippen molar-refractivity contribution in [3.8, 4) is 0 Å². The minimum atomic E-state index is -2.45. The van der Waals surface area contributed by atoms with Crippen LogP contribution < -0.4 is 0 Å². The van der Waals surface area contributed by atoms with E-state index in [2.05, 4.69) is 61.8 Å². The molecule has 0 amide bonds.